The minimum atomic E-state index is -0.0146. The summed E-state index contributed by atoms with van der Waals surface area (Å²) in [5.41, 5.74) is 0.795. The highest BCUT2D eigenvalue weighted by atomic mass is 127. The van der Waals surface area contributed by atoms with Gasteiger partial charge in [0.2, 0.25) is 0 Å². The van der Waals surface area contributed by atoms with Crippen LogP contribution in [0.5, 0.6) is 5.75 Å². The van der Waals surface area contributed by atoms with Crippen molar-refractivity contribution in [3.05, 3.63) is 30.0 Å². The fourth-order valence-corrected chi connectivity index (χ4v) is 3.66. The zero-order chi connectivity index (χ0) is 21.3. The van der Waals surface area contributed by atoms with Crippen molar-refractivity contribution >= 4 is 40.9 Å². The number of nitrogens with zero attached hydrogens (tertiary/aromatic N) is 2. The van der Waals surface area contributed by atoms with Gasteiger partial charge in [-0.3, -0.25) is 9.89 Å². The van der Waals surface area contributed by atoms with E-state index in [1.54, 1.807) is 0 Å². The third kappa shape index (κ3) is 7.54. The highest BCUT2D eigenvalue weighted by Crippen LogP contribution is 2.31. The Morgan fingerprint density at radius 2 is 2.00 bits per heavy atom. The van der Waals surface area contributed by atoms with Gasteiger partial charge in [-0.15, -0.1) is 24.0 Å². The van der Waals surface area contributed by atoms with Crippen LogP contribution in [0.25, 0.3) is 11.0 Å². The van der Waals surface area contributed by atoms with Gasteiger partial charge in [-0.25, -0.2) is 0 Å². The summed E-state index contributed by atoms with van der Waals surface area (Å²) in [6.07, 6.45) is 0. The summed E-state index contributed by atoms with van der Waals surface area (Å²) in [5.74, 6) is 2.94. The summed E-state index contributed by atoms with van der Waals surface area (Å²) in [5, 5.41) is 7.87. The first-order valence-corrected chi connectivity index (χ1v) is 11.1. The van der Waals surface area contributed by atoms with E-state index in [9.17, 15) is 0 Å². The third-order valence-corrected chi connectivity index (χ3v) is 5.19. The average molecular weight is 544 g/mol. The number of hydrogen-bond acceptors (Lipinski definition) is 5. The highest BCUT2D eigenvalue weighted by molar-refractivity contribution is 14.0. The molecule has 1 aliphatic heterocycles. The van der Waals surface area contributed by atoms with Crippen molar-refractivity contribution < 1.29 is 13.9 Å². The fourth-order valence-electron chi connectivity index (χ4n) is 3.66. The predicted octanol–water partition coefficient (Wildman–Crippen LogP) is 4.03. The van der Waals surface area contributed by atoms with Crippen molar-refractivity contribution in [2.24, 2.45) is 10.9 Å². The molecule has 0 radical (unpaired) electrons. The molecule has 0 amide bonds. The largest absolute Gasteiger partial charge is 0.490 e. The average Bonchev–Trinajstić information content (AvgIpc) is 3.19. The van der Waals surface area contributed by atoms with Crippen LogP contribution < -0.4 is 15.4 Å². The van der Waals surface area contributed by atoms with Gasteiger partial charge in [0.1, 0.15) is 5.76 Å². The van der Waals surface area contributed by atoms with Crippen molar-refractivity contribution in [3.8, 4) is 5.75 Å². The zero-order valence-corrected chi connectivity index (χ0v) is 21.5. The van der Waals surface area contributed by atoms with Crippen molar-refractivity contribution in [1.82, 2.24) is 15.5 Å². The number of para-hydroxylation sites is 1. The van der Waals surface area contributed by atoms with Crippen molar-refractivity contribution in [1.29, 1.82) is 0 Å². The summed E-state index contributed by atoms with van der Waals surface area (Å²) in [6, 6.07) is 8.04. The lowest BCUT2D eigenvalue weighted by molar-refractivity contribution is 0.0323. The molecule has 2 aromatic rings. The number of rotatable bonds is 9. The summed E-state index contributed by atoms with van der Waals surface area (Å²) in [7, 11) is 0. The van der Waals surface area contributed by atoms with E-state index in [4.69, 9.17) is 18.9 Å². The number of hydrogen-bond donors (Lipinski definition) is 2. The lowest BCUT2D eigenvalue weighted by Gasteiger charge is -2.28. The molecule has 1 saturated heterocycles. The zero-order valence-electron chi connectivity index (χ0n) is 19.1. The van der Waals surface area contributed by atoms with Gasteiger partial charge < -0.3 is 24.5 Å². The molecule has 1 aromatic heterocycles. The molecule has 3 rings (SSSR count). The molecule has 1 aliphatic rings. The minimum Gasteiger partial charge on any atom is -0.490 e. The monoisotopic (exact) mass is 544 g/mol. The van der Waals surface area contributed by atoms with Gasteiger partial charge in [0.15, 0.2) is 17.3 Å². The molecule has 1 fully saturated rings. The van der Waals surface area contributed by atoms with Crippen LogP contribution in [-0.4, -0.2) is 63.4 Å². The normalized spacial score (nSPS) is 17.1. The molecule has 8 heteroatoms. The molecule has 174 valence electrons. The second kappa shape index (κ2) is 13.1. The first-order valence-electron chi connectivity index (χ1n) is 11.1. The summed E-state index contributed by atoms with van der Waals surface area (Å²) in [4.78, 5) is 7.27. The van der Waals surface area contributed by atoms with Crippen molar-refractivity contribution in [2.45, 2.75) is 33.7 Å². The summed E-state index contributed by atoms with van der Waals surface area (Å²) in [6.45, 7) is 15.3. The van der Waals surface area contributed by atoms with E-state index in [-0.39, 0.29) is 30.0 Å². The Morgan fingerprint density at radius 3 is 2.71 bits per heavy atom. The third-order valence-electron chi connectivity index (χ3n) is 5.19. The molecule has 7 nitrogen and oxygen atoms in total. The van der Waals surface area contributed by atoms with Gasteiger partial charge in [-0.2, -0.15) is 0 Å². The number of benzene rings is 1. The Hall–Kier alpha value is -1.52. The topological polar surface area (TPSA) is 71.3 Å². The van der Waals surface area contributed by atoms with E-state index in [0.717, 1.165) is 74.4 Å². The van der Waals surface area contributed by atoms with Crippen LogP contribution in [0, 0.1) is 5.92 Å². The molecule has 0 saturated carbocycles. The molecule has 1 aromatic carbocycles. The number of guanidine groups is 1. The molecule has 0 spiro atoms. The van der Waals surface area contributed by atoms with E-state index in [0.29, 0.717) is 12.5 Å². The van der Waals surface area contributed by atoms with Gasteiger partial charge >= 0.3 is 0 Å². The number of morpholine rings is 1. The second-order valence-corrected chi connectivity index (χ2v) is 7.86. The molecular formula is C23H37IN4O3. The van der Waals surface area contributed by atoms with Gasteiger partial charge in [0, 0.05) is 38.1 Å². The van der Waals surface area contributed by atoms with Crippen LogP contribution in [0.3, 0.4) is 0 Å². The van der Waals surface area contributed by atoms with E-state index in [1.807, 2.05) is 25.1 Å². The lowest BCUT2D eigenvalue weighted by atomic mass is 10.1. The Kier molecular flexibility index (Phi) is 10.9. The number of halogens is 1. The second-order valence-electron chi connectivity index (χ2n) is 7.86. The van der Waals surface area contributed by atoms with Crippen molar-refractivity contribution in [2.75, 3.05) is 52.5 Å². The molecular weight excluding hydrogens is 507 g/mol. The maximum atomic E-state index is 6.13. The smallest absolute Gasteiger partial charge is 0.191 e. The van der Waals surface area contributed by atoms with Gasteiger partial charge in [0.05, 0.1) is 25.9 Å². The maximum absolute atomic E-state index is 6.13. The Labute approximate surface area is 203 Å². The number of nitrogens with one attached hydrogen (secondary N) is 2. The van der Waals surface area contributed by atoms with Crippen LogP contribution >= 0.6 is 24.0 Å². The number of fused-ring (bicyclic) bond motifs is 1. The highest BCUT2D eigenvalue weighted by Gasteiger charge is 2.17. The SMILES string of the molecule is CCNC(=NCC(C)CN1CCOCC1)NC(C)c1cc2cccc(OCC)c2o1.I. The Balaban J connectivity index is 0.00000341. The van der Waals surface area contributed by atoms with Crippen LogP contribution in [-0.2, 0) is 4.74 Å². The van der Waals surface area contributed by atoms with Gasteiger partial charge in [-0.05, 0) is 38.8 Å². The minimum absolute atomic E-state index is 0. The Bertz CT molecular complexity index is 820. The predicted molar refractivity (Wildman–Crippen MR) is 137 cm³/mol. The molecule has 2 atom stereocenters. The van der Waals surface area contributed by atoms with E-state index in [2.05, 4.69) is 42.4 Å². The standard InChI is InChI=1S/C23H36N4O3.HI/c1-5-24-23(25-15-17(3)16-27-10-12-28-13-11-27)26-18(4)21-14-19-8-7-9-20(29-6-2)22(19)30-21;/h7-9,14,17-18H,5-6,10-13,15-16H2,1-4H3,(H2,24,25,26);1H. The van der Waals surface area contributed by atoms with Crippen LogP contribution in [0.1, 0.15) is 39.5 Å². The molecule has 2 heterocycles. The van der Waals surface area contributed by atoms with E-state index in [1.165, 1.54) is 0 Å². The van der Waals surface area contributed by atoms with Crippen LogP contribution in [0.4, 0.5) is 0 Å². The quantitative estimate of drug-likeness (QED) is 0.282. The number of furan rings is 1. The molecule has 0 aliphatic carbocycles. The van der Waals surface area contributed by atoms with Gasteiger partial charge in [0.25, 0.3) is 0 Å². The van der Waals surface area contributed by atoms with E-state index < -0.39 is 0 Å². The molecule has 2 N–H and O–H groups in total. The first kappa shape index (κ1) is 25.7. The maximum Gasteiger partial charge on any atom is 0.191 e. The first-order chi connectivity index (χ1) is 14.6. The van der Waals surface area contributed by atoms with Crippen LogP contribution in [0.15, 0.2) is 33.7 Å². The molecule has 31 heavy (non-hydrogen) atoms. The van der Waals surface area contributed by atoms with Gasteiger partial charge in [-0.1, -0.05) is 19.1 Å². The van der Waals surface area contributed by atoms with Crippen LogP contribution in [0.2, 0.25) is 0 Å². The lowest BCUT2D eigenvalue weighted by Crippen LogP contribution is -2.41. The fraction of sp³-hybridized carbons (Fsp3) is 0.609. The summed E-state index contributed by atoms with van der Waals surface area (Å²) < 4.78 is 17.3. The van der Waals surface area contributed by atoms with E-state index >= 15 is 0 Å². The van der Waals surface area contributed by atoms with Crippen molar-refractivity contribution in [3.63, 3.8) is 0 Å². The Morgan fingerprint density at radius 1 is 1.23 bits per heavy atom. The molecule has 0 bridgehead atoms. The number of ether oxygens (including phenoxy) is 2. The molecule has 2 unspecified atom stereocenters. The number of aliphatic imine (C=N–C) groups is 1. The summed E-state index contributed by atoms with van der Waals surface area (Å²) >= 11 is 0.